The second kappa shape index (κ2) is 6.90. The van der Waals surface area contributed by atoms with Crippen LogP contribution in [0, 0.1) is 0 Å². The lowest BCUT2D eigenvalue weighted by Crippen LogP contribution is -2.29. The van der Waals surface area contributed by atoms with Crippen LogP contribution < -0.4 is 5.73 Å². The van der Waals surface area contributed by atoms with Gasteiger partial charge in [0, 0.05) is 10.9 Å². The van der Waals surface area contributed by atoms with E-state index in [-0.39, 0.29) is 12.1 Å². The van der Waals surface area contributed by atoms with Crippen LogP contribution >= 0.6 is 22.9 Å². The summed E-state index contributed by atoms with van der Waals surface area (Å²) in [6.07, 6.45) is 7.93. The standard InChI is InChI=1S/C14H22ClNOS/c1-10(16)14(12-8-9-13(15)18-12)17-11-6-4-2-3-5-7-11/h8-11,14H,2-7,16H2,1H3. The lowest BCUT2D eigenvalue weighted by molar-refractivity contribution is -0.0290. The zero-order valence-electron chi connectivity index (χ0n) is 10.9. The predicted molar refractivity (Wildman–Crippen MR) is 78.3 cm³/mol. The maximum atomic E-state index is 6.26. The van der Waals surface area contributed by atoms with Gasteiger partial charge in [0.25, 0.3) is 0 Å². The van der Waals surface area contributed by atoms with Crippen molar-refractivity contribution in [1.82, 2.24) is 0 Å². The van der Waals surface area contributed by atoms with Gasteiger partial charge in [0.1, 0.15) is 6.10 Å². The van der Waals surface area contributed by atoms with E-state index < -0.39 is 0 Å². The topological polar surface area (TPSA) is 35.2 Å². The molecule has 1 aromatic heterocycles. The monoisotopic (exact) mass is 287 g/mol. The van der Waals surface area contributed by atoms with Gasteiger partial charge in [-0.1, -0.05) is 37.3 Å². The van der Waals surface area contributed by atoms with E-state index >= 15 is 0 Å². The van der Waals surface area contributed by atoms with Crippen molar-refractivity contribution in [2.45, 2.75) is 63.7 Å². The summed E-state index contributed by atoms with van der Waals surface area (Å²) in [6, 6.07) is 3.97. The smallest absolute Gasteiger partial charge is 0.107 e. The summed E-state index contributed by atoms with van der Waals surface area (Å²) in [4.78, 5) is 1.15. The highest BCUT2D eigenvalue weighted by Gasteiger charge is 2.24. The summed E-state index contributed by atoms with van der Waals surface area (Å²) in [5.41, 5.74) is 6.07. The highest BCUT2D eigenvalue weighted by Crippen LogP contribution is 2.33. The van der Waals surface area contributed by atoms with Gasteiger partial charge in [0.2, 0.25) is 0 Å². The molecule has 2 rings (SSSR count). The van der Waals surface area contributed by atoms with Gasteiger partial charge in [-0.2, -0.15) is 0 Å². The first-order valence-corrected chi connectivity index (χ1v) is 8.02. The third-order valence-electron chi connectivity index (χ3n) is 3.49. The lowest BCUT2D eigenvalue weighted by Gasteiger charge is -2.26. The first-order valence-electron chi connectivity index (χ1n) is 6.83. The van der Waals surface area contributed by atoms with Gasteiger partial charge in [-0.05, 0) is 31.9 Å². The van der Waals surface area contributed by atoms with E-state index in [1.165, 1.54) is 38.5 Å². The molecule has 1 heterocycles. The van der Waals surface area contributed by atoms with Crippen molar-refractivity contribution in [3.05, 3.63) is 21.3 Å². The Balaban J connectivity index is 2.01. The number of hydrogen-bond acceptors (Lipinski definition) is 3. The molecule has 0 radical (unpaired) electrons. The maximum Gasteiger partial charge on any atom is 0.107 e. The molecule has 1 saturated carbocycles. The largest absolute Gasteiger partial charge is 0.368 e. The van der Waals surface area contributed by atoms with Crippen LogP contribution in [0.4, 0.5) is 0 Å². The van der Waals surface area contributed by atoms with Gasteiger partial charge < -0.3 is 10.5 Å². The molecular formula is C14H22ClNOS. The second-order valence-corrected chi connectivity index (χ2v) is 6.92. The molecular weight excluding hydrogens is 266 g/mol. The molecule has 1 aliphatic rings. The van der Waals surface area contributed by atoms with E-state index in [1.54, 1.807) is 11.3 Å². The number of hydrogen-bond donors (Lipinski definition) is 1. The van der Waals surface area contributed by atoms with Crippen LogP contribution in [0.25, 0.3) is 0 Å². The lowest BCUT2D eigenvalue weighted by atomic mass is 10.1. The molecule has 0 spiro atoms. The van der Waals surface area contributed by atoms with Crippen molar-refractivity contribution < 1.29 is 4.74 Å². The minimum atomic E-state index is -0.00870. The molecule has 2 nitrogen and oxygen atoms in total. The molecule has 0 saturated heterocycles. The molecule has 0 amide bonds. The van der Waals surface area contributed by atoms with E-state index in [4.69, 9.17) is 22.1 Å². The first kappa shape index (κ1) is 14.3. The molecule has 2 atom stereocenters. The fraction of sp³-hybridized carbons (Fsp3) is 0.714. The zero-order valence-corrected chi connectivity index (χ0v) is 12.5. The third kappa shape index (κ3) is 3.95. The minimum Gasteiger partial charge on any atom is -0.368 e. The Kier molecular flexibility index (Phi) is 5.49. The number of thiophene rings is 1. The van der Waals surface area contributed by atoms with Crippen LogP contribution in [0.3, 0.4) is 0 Å². The van der Waals surface area contributed by atoms with E-state index in [0.29, 0.717) is 6.10 Å². The number of halogens is 1. The van der Waals surface area contributed by atoms with Crippen LogP contribution in [0.2, 0.25) is 4.34 Å². The van der Waals surface area contributed by atoms with Crippen molar-refractivity contribution in [1.29, 1.82) is 0 Å². The Labute approximate surface area is 118 Å². The van der Waals surface area contributed by atoms with Crippen LogP contribution in [0.5, 0.6) is 0 Å². The molecule has 2 unspecified atom stereocenters. The van der Waals surface area contributed by atoms with Crippen molar-refractivity contribution in [3.63, 3.8) is 0 Å². The molecule has 1 fully saturated rings. The Bertz CT molecular complexity index is 358. The molecule has 0 aliphatic heterocycles. The van der Waals surface area contributed by atoms with E-state index in [0.717, 1.165) is 9.21 Å². The van der Waals surface area contributed by atoms with Crippen LogP contribution in [-0.2, 0) is 4.74 Å². The highest BCUT2D eigenvalue weighted by atomic mass is 35.5. The minimum absolute atomic E-state index is 0.00275. The molecule has 4 heteroatoms. The van der Waals surface area contributed by atoms with Gasteiger partial charge in [-0.3, -0.25) is 0 Å². The summed E-state index contributed by atoms with van der Waals surface area (Å²) >= 11 is 7.58. The fourth-order valence-electron chi connectivity index (χ4n) is 2.52. The highest BCUT2D eigenvalue weighted by molar-refractivity contribution is 7.16. The molecule has 18 heavy (non-hydrogen) atoms. The quantitative estimate of drug-likeness (QED) is 0.826. The van der Waals surface area contributed by atoms with Crippen molar-refractivity contribution >= 4 is 22.9 Å². The zero-order chi connectivity index (χ0) is 13.0. The van der Waals surface area contributed by atoms with E-state index in [9.17, 15) is 0 Å². The van der Waals surface area contributed by atoms with Crippen molar-refractivity contribution in [2.75, 3.05) is 0 Å². The maximum absolute atomic E-state index is 6.26. The average molecular weight is 288 g/mol. The van der Waals surface area contributed by atoms with Crippen LogP contribution in [0.1, 0.15) is 56.4 Å². The summed E-state index contributed by atoms with van der Waals surface area (Å²) in [7, 11) is 0. The SMILES string of the molecule is CC(N)C(OC1CCCCCC1)c1ccc(Cl)s1. The molecule has 102 valence electrons. The van der Waals surface area contributed by atoms with Gasteiger partial charge in [0.05, 0.1) is 10.4 Å². The molecule has 2 N–H and O–H groups in total. The van der Waals surface area contributed by atoms with Gasteiger partial charge in [-0.25, -0.2) is 0 Å². The molecule has 1 aliphatic carbocycles. The third-order valence-corrected chi connectivity index (χ3v) is 4.79. The van der Waals surface area contributed by atoms with Crippen LogP contribution in [-0.4, -0.2) is 12.1 Å². The number of nitrogens with two attached hydrogens (primary N) is 1. The normalized spacial score (nSPS) is 21.5. The first-order chi connectivity index (χ1) is 8.66. The Morgan fingerprint density at radius 1 is 1.28 bits per heavy atom. The summed E-state index contributed by atoms with van der Waals surface area (Å²) in [5.74, 6) is 0. The number of rotatable bonds is 4. The summed E-state index contributed by atoms with van der Waals surface area (Å²) in [5, 5.41) is 0. The van der Waals surface area contributed by atoms with Gasteiger partial charge in [-0.15, -0.1) is 11.3 Å². The van der Waals surface area contributed by atoms with Crippen molar-refractivity contribution in [2.24, 2.45) is 5.73 Å². The van der Waals surface area contributed by atoms with Crippen LogP contribution in [0.15, 0.2) is 12.1 Å². The average Bonchev–Trinajstić information content (AvgIpc) is 2.61. The molecule has 1 aromatic rings. The predicted octanol–water partition coefficient (Wildman–Crippen LogP) is 4.53. The fourth-order valence-corrected chi connectivity index (χ4v) is 3.73. The van der Waals surface area contributed by atoms with Gasteiger partial charge in [0.15, 0.2) is 0 Å². The summed E-state index contributed by atoms with van der Waals surface area (Å²) in [6.45, 7) is 2.01. The second-order valence-electron chi connectivity index (χ2n) is 5.17. The van der Waals surface area contributed by atoms with E-state index in [2.05, 4.69) is 0 Å². The summed E-state index contributed by atoms with van der Waals surface area (Å²) < 4.78 is 7.06. The Morgan fingerprint density at radius 2 is 1.94 bits per heavy atom. The Morgan fingerprint density at radius 3 is 2.44 bits per heavy atom. The van der Waals surface area contributed by atoms with E-state index in [1.807, 2.05) is 19.1 Å². The Hall–Kier alpha value is -0.0900. The molecule has 0 bridgehead atoms. The molecule has 0 aromatic carbocycles. The van der Waals surface area contributed by atoms with Crippen molar-refractivity contribution in [3.8, 4) is 0 Å². The number of ether oxygens (including phenoxy) is 1. The van der Waals surface area contributed by atoms with Gasteiger partial charge >= 0.3 is 0 Å².